The van der Waals surface area contributed by atoms with E-state index in [0.717, 1.165) is 57.3 Å². The van der Waals surface area contributed by atoms with Crippen LogP contribution in [-0.4, -0.2) is 60.7 Å². The molecule has 3 rings (SSSR count). The van der Waals surface area contributed by atoms with Crippen molar-refractivity contribution in [3.05, 3.63) is 53.9 Å². The van der Waals surface area contributed by atoms with Crippen molar-refractivity contribution in [1.29, 1.82) is 0 Å². The van der Waals surface area contributed by atoms with E-state index in [1.807, 2.05) is 13.1 Å². The van der Waals surface area contributed by atoms with Crippen LogP contribution in [0.2, 0.25) is 0 Å². The zero-order valence-electron chi connectivity index (χ0n) is 16.7. The minimum atomic E-state index is 0.159. The topological polar surface area (TPSA) is 56.9 Å². The van der Waals surface area contributed by atoms with Crippen molar-refractivity contribution in [2.75, 3.05) is 39.8 Å². The smallest absolute Gasteiger partial charge is 0.193 e. The van der Waals surface area contributed by atoms with Crippen LogP contribution in [0.1, 0.15) is 25.1 Å². The number of hydrogen-bond donors (Lipinski definition) is 1. The second-order valence-corrected chi connectivity index (χ2v) is 7.98. The van der Waals surface area contributed by atoms with Gasteiger partial charge in [-0.1, -0.05) is 49.3 Å². The molecule has 1 aliphatic rings. The molecule has 0 radical (unpaired) electrons. The normalized spacial score (nSPS) is 16.6. The number of rotatable bonds is 6. The van der Waals surface area contributed by atoms with Gasteiger partial charge in [-0.15, -0.1) is 0 Å². The molecule has 1 fully saturated rings. The zero-order chi connectivity index (χ0) is 19.1. The van der Waals surface area contributed by atoms with E-state index in [1.54, 1.807) is 6.26 Å². The minimum Gasteiger partial charge on any atom is -0.364 e. The molecule has 0 spiro atoms. The molecule has 6 heteroatoms. The number of hydrogen-bond acceptors (Lipinski definition) is 4. The fourth-order valence-electron chi connectivity index (χ4n) is 3.53. The first-order chi connectivity index (χ1) is 13.1. The van der Waals surface area contributed by atoms with Crippen molar-refractivity contribution in [3.8, 4) is 0 Å². The molecule has 0 atom stereocenters. The van der Waals surface area contributed by atoms with Crippen molar-refractivity contribution in [1.82, 2.24) is 20.3 Å². The van der Waals surface area contributed by atoms with Crippen molar-refractivity contribution < 1.29 is 4.52 Å². The quantitative estimate of drug-likeness (QED) is 0.627. The molecule has 0 amide bonds. The molecule has 0 aliphatic carbocycles. The van der Waals surface area contributed by atoms with Crippen molar-refractivity contribution in [2.24, 2.45) is 10.4 Å². The number of aromatic nitrogens is 1. The summed E-state index contributed by atoms with van der Waals surface area (Å²) in [6.45, 7) is 10.3. The Morgan fingerprint density at radius 3 is 2.52 bits per heavy atom. The average Bonchev–Trinajstić information content (AvgIpc) is 3.17. The van der Waals surface area contributed by atoms with E-state index in [2.05, 4.69) is 69.4 Å². The van der Waals surface area contributed by atoms with E-state index in [0.29, 0.717) is 0 Å². The minimum absolute atomic E-state index is 0.159. The lowest BCUT2D eigenvalue weighted by Crippen LogP contribution is -2.53. The summed E-state index contributed by atoms with van der Waals surface area (Å²) in [6, 6.07) is 12.6. The van der Waals surface area contributed by atoms with E-state index >= 15 is 0 Å². The molecule has 27 heavy (non-hydrogen) atoms. The molecule has 1 aromatic carbocycles. The van der Waals surface area contributed by atoms with Gasteiger partial charge in [0.05, 0.1) is 5.69 Å². The Morgan fingerprint density at radius 2 is 1.89 bits per heavy atom. The number of aliphatic imine (C=N–C) groups is 1. The van der Waals surface area contributed by atoms with Crippen LogP contribution in [0, 0.1) is 5.41 Å². The number of guanidine groups is 1. The van der Waals surface area contributed by atoms with Gasteiger partial charge in [-0.2, -0.15) is 0 Å². The highest BCUT2D eigenvalue weighted by Gasteiger charge is 2.23. The first kappa shape index (κ1) is 19.4. The van der Waals surface area contributed by atoms with E-state index in [1.165, 1.54) is 5.56 Å². The Morgan fingerprint density at radius 1 is 1.15 bits per heavy atom. The predicted molar refractivity (Wildman–Crippen MR) is 109 cm³/mol. The Kier molecular flexibility index (Phi) is 6.50. The summed E-state index contributed by atoms with van der Waals surface area (Å²) in [5.41, 5.74) is 2.53. The van der Waals surface area contributed by atoms with Crippen molar-refractivity contribution >= 4 is 5.96 Å². The SMILES string of the molecule is CN=C(NCC(C)(C)Cc1ccccc1)N1CCN(Cc2ccon2)CC1. The van der Waals surface area contributed by atoms with Gasteiger partial charge in [0.15, 0.2) is 5.96 Å². The van der Waals surface area contributed by atoms with Crippen LogP contribution < -0.4 is 5.32 Å². The standard InChI is InChI=1S/C21H31N5O/c1-21(2,15-18-7-5-4-6-8-18)17-23-20(22-3)26-12-10-25(11-13-26)16-19-9-14-27-24-19/h4-9,14H,10-13,15-17H2,1-3H3,(H,22,23). The van der Waals surface area contributed by atoms with Crippen LogP contribution >= 0.6 is 0 Å². The summed E-state index contributed by atoms with van der Waals surface area (Å²) >= 11 is 0. The predicted octanol–water partition coefficient (Wildman–Crippen LogP) is 2.64. The van der Waals surface area contributed by atoms with Crippen LogP contribution in [0.15, 0.2) is 52.2 Å². The van der Waals surface area contributed by atoms with Gasteiger partial charge < -0.3 is 14.7 Å². The third kappa shape index (κ3) is 5.82. The number of nitrogens with zero attached hydrogens (tertiary/aromatic N) is 4. The highest BCUT2D eigenvalue weighted by atomic mass is 16.5. The van der Waals surface area contributed by atoms with Crippen molar-refractivity contribution in [3.63, 3.8) is 0 Å². The van der Waals surface area contributed by atoms with Crippen LogP contribution in [0.5, 0.6) is 0 Å². The lowest BCUT2D eigenvalue weighted by Gasteiger charge is -2.37. The molecule has 0 unspecified atom stereocenters. The molecule has 1 aromatic heterocycles. The van der Waals surface area contributed by atoms with Crippen LogP contribution in [0.4, 0.5) is 0 Å². The van der Waals surface area contributed by atoms with Gasteiger partial charge in [0.1, 0.15) is 6.26 Å². The average molecular weight is 370 g/mol. The first-order valence-corrected chi connectivity index (χ1v) is 9.67. The monoisotopic (exact) mass is 369 g/mol. The molecule has 0 saturated carbocycles. The maximum absolute atomic E-state index is 4.92. The largest absolute Gasteiger partial charge is 0.364 e. The highest BCUT2D eigenvalue weighted by molar-refractivity contribution is 5.80. The summed E-state index contributed by atoms with van der Waals surface area (Å²) in [6.07, 6.45) is 2.68. The molecular weight excluding hydrogens is 338 g/mol. The van der Waals surface area contributed by atoms with Crippen LogP contribution in [-0.2, 0) is 13.0 Å². The van der Waals surface area contributed by atoms with Crippen LogP contribution in [0.3, 0.4) is 0 Å². The van der Waals surface area contributed by atoms with Crippen LogP contribution in [0.25, 0.3) is 0 Å². The molecule has 1 saturated heterocycles. The second kappa shape index (κ2) is 9.04. The first-order valence-electron chi connectivity index (χ1n) is 9.67. The number of nitrogens with one attached hydrogen (secondary N) is 1. The maximum Gasteiger partial charge on any atom is 0.193 e. The lowest BCUT2D eigenvalue weighted by molar-refractivity contribution is 0.168. The highest BCUT2D eigenvalue weighted by Crippen LogP contribution is 2.21. The van der Waals surface area contributed by atoms with Gasteiger partial charge in [0.2, 0.25) is 0 Å². The van der Waals surface area contributed by atoms with Crippen molar-refractivity contribution in [2.45, 2.75) is 26.8 Å². The third-order valence-corrected chi connectivity index (χ3v) is 5.01. The summed E-state index contributed by atoms with van der Waals surface area (Å²) in [5, 5.41) is 7.60. The Bertz CT molecular complexity index is 703. The van der Waals surface area contributed by atoms with Gasteiger partial charge in [0.25, 0.3) is 0 Å². The second-order valence-electron chi connectivity index (χ2n) is 7.98. The Labute approximate surface area is 162 Å². The number of benzene rings is 1. The summed E-state index contributed by atoms with van der Waals surface area (Å²) in [5.74, 6) is 0.997. The summed E-state index contributed by atoms with van der Waals surface area (Å²) in [4.78, 5) is 9.26. The van der Waals surface area contributed by atoms with Gasteiger partial charge in [-0.05, 0) is 17.4 Å². The van der Waals surface area contributed by atoms with Gasteiger partial charge >= 0.3 is 0 Å². The van der Waals surface area contributed by atoms with E-state index in [-0.39, 0.29) is 5.41 Å². The van der Waals surface area contributed by atoms with E-state index < -0.39 is 0 Å². The molecule has 2 heterocycles. The molecule has 1 aliphatic heterocycles. The molecule has 6 nitrogen and oxygen atoms in total. The molecule has 1 N–H and O–H groups in total. The van der Waals surface area contributed by atoms with Gasteiger partial charge in [-0.3, -0.25) is 9.89 Å². The maximum atomic E-state index is 4.92. The molecule has 146 valence electrons. The molecule has 0 bridgehead atoms. The third-order valence-electron chi connectivity index (χ3n) is 5.01. The fraction of sp³-hybridized carbons (Fsp3) is 0.524. The molecular formula is C21H31N5O. The van der Waals surface area contributed by atoms with E-state index in [9.17, 15) is 0 Å². The zero-order valence-corrected chi connectivity index (χ0v) is 16.7. The van der Waals surface area contributed by atoms with Gasteiger partial charge in [-0.25, -0.2) is 0 Å². The summed E-state index contributed by atoms with van der Waals surface area (Å²) in [7, 11) is 1.87. The van der Waals surface area contributed by atoms with E-state index in [4.69, 9.17) is 4.52 Å². The Balaban J connectivity index is 1.46. The van der Waals surface area contributed by atoms with Gasteiger partial charge in [0, 0.05) is 52.4 Å². The fourth-order valence-corrected chi connectivity index (χ4v) is 3.53. The number of piperazine rings is 1. The summed E-state index contributed by atoms with van der Waals surface area (Å²) < 4.78 is 4.92. The molecule has 2 aromatic rings. The Hall–Kier alpha value is -2.34. The lowest BCUT2D eigenvalue weighted by atomic mass is 9.86.